The van der Waals surface area contributed by atoms with E-state index in [1.165, 1.54) is 0 Å². The van der Waals surface area contributed by atoms with Crippen LogP contribution in [-0.4, -0.2) is 19.9 Å². The molecule has 0 aliphatic carbocycles. The number of aryl methyl sites for hydroxylation is 1. The van der Waals surface area contributed by atoms with Crippen LogP contribution in [0.1, 0.15) is 24.1 Å². The Kier molecular flexibility index (Phi) is 4.46. The van der Waals surface area contributed by atoms with Crippen molar-refractivity contribution >= 4 is 11.7 Å². The zero-order chi connectivity index (χ0) is 17.1. The van der Waals surface area contributed by atoms with E-state index in [0.717, 1.165) is 16.9 Å². The van der Waals surface area contributed by atoms with E-state index in [1.807, 2.05) is 50.2 Å². The molecule has 0 radical (unpaired) electrons. The molecule has 6 heteroatoms. The molecular formula is C18H20N2O4. The van der Waals surface area contributed by atoms with Crippen molar-refractivity contribution in [1.29, 1.82) is 0 Å². The number of amides is 2. The van der Waals surface area contributed by atoms with Gasteiger partial charge in [-0.05, 0) is 49.2 Å². The summed E-state index contributed by atoms with van der Waals surface area (Å²) in [5.41, 5.74) is 2.61. The molecule has 0 fully saturated rings. The Morgan fingerprint density at radius 3 is 2.75 bits per heavy atom. The Bertz CT molecular complexity index is 761. The maximum Gasteiger partial charge on any atom is 0.319 e. The first-order valence-electron chi connectivity index (χ1n) is 7.68. The number of hydrogen-bond acceptors (Lipinski definition) is 4. The predicted octanol–water partition coefficient (Wildman–Crippen LogP) is 3.62. The lowest BCUT2D eigenvalue weighted by Gasteiger charge is -2.17. The molecule has 0 spiro atoms. The van der Waals surface area contributed by atoms with Crippen LogP contribution in [0.5, 0.6) is 17.2 Å². The van der Waals surface area contributed by atoms with E-state index in [1.54, 1.807) is 7.11 Å². The largest absolute Gasteiger partial charge is 0.495 e. The first-order valence-corrected chi connectivity index (χ1v) is 7.68. The molecule has 1 heterocycles. The Morgan fingerprint density at radius 1 is 1.17 bits per heavy atom. The molecule has 0 saturated heterocycles. The number of fused-ring (bicyclic) bond motifs is 1. The minimum absolute atomic E-state index is 0.185. The summed E-state index contributed by atoms with van der Waals surface area (Å²) in [6.07, 6.45) is 0. The van der Waals surface area contributed by atoms with E-state index in [2.05, 4.69) is 10.6 Å². The molecule has 2 aromatic rings. The lowest BCUT2D eigenvalue weighted by Crippen LogP contribution is -2.31. The van der Waals surface area contributed by atoms with Gasteiger partial charge in [-0.25, -0.2) is 4.79 Å². The maximum absolute atomic E-state index is 12.3. The molecule has 0 unspecified atom stereocenters. The lowest BCUT2D eigenvalue weighted by atomic mass is 10.1. The number of ether oxygens (including phenoxy) is 3. The summed E-state index contributed by atoms with van der Waals surface area (Å²) < 4.78 is 15.9. The van der Waals surface area contributed by atoms with Crippen LogP contribution >= 0.6 is 0 Å². The van der Waals surface area contributed by atoms with E-state index >= 15 is 0 Å². The zero-order valence-electron chi connectivity index (χ0n) is 13.9. The van der Waals surface area contributed by atoms with Gasteiger partial charge in [0, 0.05) is 0 Å². The number of carbonyl (C=O) groups is 1. The summed E-state index contributed by atoms with van der Waals surface area (Å²) in [6.45, 7) is 4.09. The van der Waals surface area contributed by atoms with Crippen molar-refractivity contribution in [2.24, 2.45) is 0 Å². The van der Waals surface area contributed by atoms with E-state index in [-0.39, 0.29) is 18.9 Å². The van der Waals surface area contributed by atoms with Crippen LogP contribution in [-0.2, 0) is 0 Å². The van der Waals surface area contributed by atoms with E-state index in [9.17, 15) is 4.79 Å². The molecular weight excluding hydrogens is 308 g/mol. The van der Waals surface area contributed by atoms with Crippen molar-refractivity contribution in [2.45, 2.75) is 19.9 Å². The van der Waals surface area contributed by atoms with E-state index in [0.29, 0.717) is 17.2 Å². The molecule has 1 aliphatic heterocycles. The lowest BCUT2D eigenvalue weighted by molar-refractivity contribution is 0.174. The average Bonchev–Trinajstić information content (AvgIpc) is 3.02. The Balaban J connectivity index is 1.67. The van der Waals surface area contributed by atoms with E-state index in [4.69, 9.17) is 14.2 Å². The topological polar surface area (TPSA) is 68.8 Å². The number of anilines is 1. The minimum atomic E-state index is -0.302. The second-order valence-electron chi connectivity index (χ2n) is 5.64. The van der Waals surface area contributed by atoms with Gasteiger partial charge >= 0.3 is 6.03 Å². The van der Waals surface area contributed by atoms with Gasteiger partial charge in [-0.1, -0.05) is 12.1 Å². The van der Waals surface area contributed by atoms with Crippen LogP contribution in [0.25, 0.3) is 0 Å². The Morgan fingerprint density at radius 2 is 1.96 bits per heavy atom. The summed E-state index contributed by atoms with van der Waals surface area (Å²) in [7, 11) is 1.57. The number of rotatable bonds is 4. The molecule has 6 nitrogen and oxygen atoms in total. The highest BCUT2D eigenvalue weighted by atomic mass is 16.7. The van der Waals surface area contributed by atoms with Crippen LogP contribution in [0.2, 0.25) is 0 Å². The number of nitrogens with one attached hydrogen (secondary N) is 2. The summed E-state index contributed by atoms with van der Waals surface area (Å²) >= 11 is 0. The van der Waals surface area contributed by atoms with Gasteiger partial charge in [0.2, 0.25) is 6.79 Å². The molecule has 3 rings (SSSR count). The van der Waals surface area contributed by atoms with Gasteiger partial charge in [-0.3, -0.25) is 0 Å². The molecule has 24 heavy (non-hydrogen) atoms. The molecule has 1 atom stereocenters. The van der Waals surface area contributed by atoms with Gasteiger partial charge in [-0.15, -0.1) is 0 Å². The van der Waals surface area contributed by atoms with Crippen molar-refractivity contribution < 1.29 is 19.0 Å². The third-order valence-corrected chi connectivity index (χ3v) is 3.85. The quantitative estimate of drug-likeness (QED) is 0.899. The van der Waals surface area contributed by atoms with Crippen molar-refractivity contribution in [1.82, 2.24) is 5.32 Å². The van der Waals surface area contributed by atoms with Crippen molar-refractivity contribution in [3.63, 3.8) is 0 Å². The average molecular weight is 328 g/mol. The Hall–Kier alpha value is -2.89. The van der Waals surface area contributed by atoms with Crippen LogP contribution in [0, 0.1) is 6.92 Å². The molecule has 2 aromatic carbocycles. The van der Waals surface area contributed by atoms with Gasteiger partial charge in [0.05, 0.1) is 18.8 Å². The standard InChI is InChI=1S/C18H20N2O4/c1-11-4-6-15(22-3)14(8-11)20-18(21)19-12(2)13-5-7-16-17(9-13)24-10-23-16/h4-9,12H,10H2,1-3H3,(H2,19,20,21)/t12-/m0/s1. The normalized spacial score (nSPS) is 13.3. The fourth-order valence-electron chi connectivity index (χ4n) is 2.54. The fraction of sp³-hybridized carbons (Fsp3) is 0.278. The van der Waals surface area contributed by atoms with Crippen molar-refractivity contribution in [2.75, 3.05) is 19.2 Å². The summed E-state index contributed by atoms with van der Waals surface area (Å²) in [6, 6.07) is 10.8. The highest BCUT2D eigenvalue weighted by molar-refractivity contribution is 5.91. The highest BCUT2D eigenvalue weighted by Gasteiger charge is 2.17. The SMILES string of the molecule is COc1ccc(C)cc1NC(=O)N[C@@H](C)c1ccc2c(c1)OCO2. The van der Waals surface area contributed by atoms with Gasteiger partial charge in [0.1, 0.15) is 5.75 Å². The number of benzene rings is 2. The molecule has 0 saturated carbocycles. The molecule has 0 aromatic heterocycles. The smallest absolute Gasteiger partial charge is 0.319 e. The van der Waals surface area contributed by atoms with Crippen LogP contribution in [0.3, 0.4) is 0 Å². The first kappa shape index (κ1) is 16.0. The summed E-state index contributed by atoms with van der Waals surface area (Å²) in [5, 5.41) is 5.73. The zero-order valence-corrected chi connectivity index (χ0v) is 13.9. The molecule has 0 bridgehead atoms. The third kappa shape index (κ3) is 3.37. The van der Waals surface area contributed by atoms with Crippen LogP contribution in [0.4, 0.5) is 10.5 Å². The number of urea groups is 1. The minimum Gasteiger partial charge on any atom is -0.495 e. The fourth-order valence-corrected chi connectivity index (χ4v) is 2.54. The van der Waals surface area contributed by atoms with Gasteiger partial charge < -0.3 is 24.8 Å². The van der Waals surface area contributed by atoms with Crippen LogP contribution in [0.15, 0.2) is 36.4 Å². The molecule has 1 aliphatic rings. The molecule has 2 N–H and O–H groups in total. The molecule has 2 amide bonds. The number of carbonyl (C=O) groups excluding carboxylic acids is 1. The van der Waals surface area contributed by atoms with Crippen LogP contribution < -0.4 is 24.8 Å². The number of hydrogen-bond donors (Lipinski definition) is 2. The van der Waals surface area contributed by atoms with Gasteiger partial charge in [0.25, 0.3) is 0 Å². The monoisotopic (exact) mass is 328 g/mol. The maximum atomic E-state index is 12.3. The summed E-state index contributed by atoms with van der Waals surface area (Å²) in [4.78, 5) is 12.3. The van der Waals surface area contributed by atoms with Gasteiger partial charge in [-0.2, -0.15) is 0 Å². The Labute approximate surface area is 140 Å². The third-order valence-electron chi connectivity index (χ3n) is 3.85. The molecule has 126 valence electrons. The highest BCUT2D eigenvalue weighted by Crippen LogP contribution is 2.34. The number of methoxy groups -OCH3 is 1. The first-order chi connectivity index (χ1) is 11.6. The second kappa shape index (κ2) is 6.70. The van der Waals surface area contributed by atoms with E-state index < -0.39 is 0 Å². The predicted molar refractivity (Wildman–Crippen MR) is 90.9 cm³/mol. The second-order valence-corrected chi connectivity index (χ2v) is 5.64. The summed E-state index contributed by atoms with van der Waals surface area (Å²) in [5.74, 6) is 2.04. The van der Waals surface area contributed by atoms with Crippen molar-refractivity contribution in [3.05, 3.63) is 47.5 Å². The van der Waals surface area contributed by atoms with Crippen molar-refractivity contribution in [3.8, 4) is 17.2 Å². The van der Waals surface area contributed by atoms with Gasteiger partial charge in [0.15, 0.2) is 11.5 Å².